The van der Waals surface area contributed by atoms with Crippen LogP contribution in [0.5, 0.6) is 0 Å². The van der Waals surface area contributed by atoms with Crippen molar-refractivity contribution in [2.75, 3.05) is 0 Å². The average Bonchev–Trinajstić information content (AvgIpc) is 2.63. The summed E-state index contributed by atoms with van der Waals surface area (Å²) in [4.78, 5) is 17.2. The van der Waals surface area contributed by atoms with Crippen LogP contribution in [0.25, 0.3) is 10.9 Å². The van der Waals surface area contributed by atoms with E-state index in [0.717, 1.165) is 27.0 Å². The number of halogens is 4. The number of alkyl halides is 3. The van der Waals surface area contributed by atoms with Gasteiger partial charge in [0, 0.05) is 24.0 Å². The molecule has 152 valence electrons. The second-order valence-corrected chi connectivity index (χ2v) is 7.59. The Labute approximate surface area is 172 Å². The van der Waals surface area contributed by atoms with Gasteiger partial charge >= 0.3 is 12.1 Å². The van der Waals surface area contributed by atoms with Gasteiger partial charge in [-0.25, -0.2) is 4.98 Å². The van der Waals surface area contributed by atoms with Crippen molar-refractivity contribution in [3.05, 3.63) is 75.4 Å². The molecule has 0 fully saturated rings. The van der Waals surface area contributed by atoms with Gasteiger partial charge in [0.2, 0.25) is 0 Å². The van der Waals surface area contributed by atoms with E-state index in [-0.39, 0.29) is 18.2 Å². The number of fused-ring (bicyclic) bond motifs is 1. The molecule has 1 amide bonds. The first-order chi connectivity index (χ1) is 13.5. The molecule has 1 aromatic heterocycles. The first kappa shape index (κ1) is 21.1. The molecule has 2 aromatic carbocycles. The van der Waals surface area contributed by atoms with Gasteiger partial charge in [0.1, 0.15) is 5.15 Å². The minimum Gasteiger partial charge on any atom is -0.326 e. The van der Waals surface area contributed by atoms with Crippen molar-refractivity contribution in [1.29, 1.82) is 0 Å². The highest BCUT2D eigenvalue weighted by atomic mass is 35.5. The van der Waals surface area contributed by atoms with E-state index in [1.54, 1.807) is 30.3 Å². The number of carbonyl (C=O) groups excluding carboxylic acids is 1. The van der Waals surface area contributed by atoms with Gasteiger partial charge in [-0.1, -0.05) is 53.1 Å². The zero-order chi connectivity index (χ0) is 21.3. The van der Waals surface area contributed by atoms with Crippen molar-refractivity contribution >= 4 is 28.4 Å². The monoisotopic (exact) mass is 420 g/mol. The maximum absolute atomic E-state index is 13.2. The molecule has 0 radical (unpaired) electrons. The van der Waals surface area contributed by atoms with Crippen LogP contribution in [0, 0.1) is 20.8 Å². The Balaban J connectivity index is 1.99. The molecular formula is C22H20ClF3N2O. The van der Waals surface area contributed by atoms with E-state index < -0.39 is 12.1 Å². The fourth-order valence-electron chi connectivity index (χ4n) is 3.28. The molecule has 0 spiro atoms. The van der Waals surface area contributed by atoms with Crippen molar-refractivity contribution in [3.63, 3.8) is 0 Å². The van der Waals surface area contributed by atoms with Crippen LogP contribution >= 0.6 is 11.6 Å². The minimum absolute atomic E-state index is 0.0910. The molecule has 0 aliphatic heterocycles. The first-order valence-electron chi connectivity index (χ1n) is 9.02. The summed E-state index contributed by atoms with van der Waals surface area (Å²) in [5.74, 6) is -1.91. The highest BCUT2D eigenvalue weighted by molar-refractivity contribution is 6.30. The van der Waals surface area contributed by atoms with Gasteiger partial charge in [-0.2, -0.15) is 13.2 Å². The highest BCUT2D eigenvalue weighted by Crippen LogP contribution is 2.28. The van der Waals surface area contributed by atoms with Gasteiger partial charge in [0.05, 0.1) is 5.52 Å². The van der Waals surface area contributed by atoms with E-state index in [0.29, 0.717) is 16.6 Å². The lowest BCUT2D eigenvalue weighted by molar-refractivity contribution is -0.186. The molecule has 0 atom stereocenters. The van der Waals surface area contributed by atoms with Crippen LogP contribution in [0.15, 0.2) is 42.5 Å². The summed E-state index contributed by atoms with van der Waals surface area (Å²) in [6, 6.07) is 12.6. The zero-order valence-corrected chi connectivity index (χ0v) is 17.0. The molecule has 29 heavy (non-hydrogen) atoms. The number of benzene rings is 2. The normalized spacial score (nSPS) is 11.7. The first-order valence-corrected chi connectivity index (χ1v) is 9.40. The highest BCUT2D eigenvalue weighted by Gasteiger charge is 2.42. The predicted octanol–water partition coefficient (Wildman–Crippen LogP) is 5.90. The number of amides is 1. The summed E-state index contributed by atoms with van der Waals surface area (Å²) in [5.41, 5.74) is 4.58. The van der Waals surface area contributed by atoms with Crippen LogP contribution in [0.2, 0.25) is 5.15 Å². The summed E-state index contributed by atoms with van der Waals surface area (Å²) >= 11 is 6.27. The Hall–Kier alpha value is -2.60. The second-order valence-electron chi connectivity index (χ2n) is 7.24. The molecule has 0 saturated carbocycles. The Morgan fingerprint density at radius 2 is 1.66 bits per heavy atom. The van der Waals surface area contributed by atoms with Crippen LogP contribution in [0.4, 0.5) is 13.2 Å². The summed E-state index contributed by atoms with van der Waals surface area (Å²) in [5, 5.41) is 0.866. The molecule has 3 aromatic rings. The van der Waals surface area contributed by atoms with Crippen molar-refractivity contribution < 1.29 is 18.0 Å². The third kappa shape index (κ3) is 4.88. The Morgan fingerprint density at radius 1 is 1.00 bits per heavy atom. The van der Waals surface area contributed by atoms with Crippen LogP contribution in [0.3, 0.4) is 0 Å². The molecule has 3 nitrogen and oxygen atoms in total. The van der Waals surface area contributed by atoms with Gasteiger partial charge in [0.25, 0.3) is 0 Å². The predicted molar refractivity (Wildman–Crippen MR) is 108 cm³/mol. The van der Waals surface area contributed by atoms with Gasteiger partial charge in [-0.05, 0) is 44.0 Å². The van der Waals surface area contributed by atoms with Crippen molar-refractivity contribution in [1.82, 2.24) is 9.88 Å². The summed E-state index contributed by atoms with van der Waals surface area (Å²) in [7, 11) is 0. The molecule has 0 aliphatic rings. The van der Waals surface area contributed by atoms with Gasteiger partial charge in [-0.3, -0.25) is 4.79 Å². The number of hydrogen-bond acceptors (Lipinski definition) is 2. The number of carbonyl (C=O) groups is 1. The molecule has 0 N–H and O–H groups in total. The number of rotatable bonds is 4. The van der Waals surface area contributed by atoms with Gasteiger partial charge in [-0.15, -0.1) is 0 Å². The smallest absolute Gasteiger partial charge is 0.326 e. The van der Waals surface area contributed by atoms with Crippen molar-refractivity contribution in [2.24, 2.45) is 0 Å². The van der Waals surface area contributed by atoms with E-state index in [2.05, 4.69) is 4.98 Å². The molecule has 0 aliphatic carbocycles. The standard InChI is InChI=1S/C22H20ClF3N2O/c1-13-4-6-16(7-5-13)11-28(21(29)22(24,25)26)12-18-10-17-9-14(2)8-15(3)19(17)27-20(18)23/h4-10H,11-12H2,1-3H3. The SMILES string of the molecule is Cc1ccc(CN(Cc2cc3cc(C)cc(C)c3nc2Cl)C(=O)C(F)(F)F)cc1. The van der Waals surface area contributed by atoms with Crippen molar-refractivity contribution in [2.45, 2.75) is 40.0 Å². The third-order valence-corrected chi connectivity index (χ3v) is 4.99. The number of nitrogens with zero attached hydrogens (tertiary/aromatic N) is 2. The van der Waals surface area contributed by atoms with E-state index in [1.807, 2.05) is 32.9 Å². The Morgan fingerprint density at radius 3 is 2.28 bits per heavy atom. The fourth-order valence-corrected chi connectivity index (χ4v) is 3.48. The quantitative estimate of drug-likeness (QED) is 0.492. The number of pyridine rings is 1. The summed E-state index contributed by atoms with van der Waals surface area (Å²) in [6.45, 7) is 5.24. The number of hydrogen-bond donors (Lipinski definition) is 0. The molecule has 7 heteroatoms. The molecule has 1 heterocycles. The zero-order valence-electron chi connectivity index (χ0n) is 16.3. The van der Waals surface area contributed by atoms with E-state index in [1.165, 1.54) is 0 Å². The maximum Gasteiger partial charge on any atom is 0.471 e. The Bertz CT molecular complexity index is 1060. The fraction of sp³-hybridized carbons (Fsp3) is 0.273. The van der Waals surface area contributed by atoms with Crippen molar-refractivity contribution in [3.8, 4) is 0 Å². The molecule has 0 unspecified atom stereocenters. The maximum atomic E-state index is 13.2. The van der Waals surface area contributed by atoms with E-state index in [4.69, 9.17) is 11.6 Å². The lowest BCUT2D eigenvalue weighted by Gasteiger charge is -2.24. The molecule has 3 rings (SSSR count). The Kier molecular flexibility index (Phi) is 5.85. The number of aromatic nitrogens is 1. The lowest BCUT2D eigenvalue weighted by Crippen LogP contribution is -2.40. The van der Waals surface area contributed by atoms with Crippen LogP contribution in [-0.4, -0.2) is 22.0 Å². The average molecular weight is 421 g/mol. The summed E-state index contributed by atoms with van der Waals surface area (Å²) in [6.07, 6.45) is -4.98. The topological polar surface area (TPSA) is 33.2 Å². The molecule has 0 saturated heterocycles. The van der Waals surface area contributed by atoms with Crippen LogP contribution in [-0.2, 0) is 17.9 Å². The van der Waals surface area contributed by atoms with Gasteiger partial charge < -0.3 is 4.90 Å². The molecular weight excluding hydrogens is 401 g/mol. The van der Waals surface area contributed by atoms with E-state index in [9.17, 15) is 18.0 Å². The largest absolute Gasteiger partial charge is 0.471 e. The van der Waals surface area contributed by atoms with E-state index >= 15 is 0 Å². The number of aryl methyl sites for hydroxylation is 3. The van der Waals surface area contributed by atoms with Crippen LogP contribution in [0.1, 0.15) is 27.8 Å². The van der Waals surface area contributed by atoms with Gasteiger partial charge in [0.15, 0.2) is 0 Å². The lowest BCUT2D eigenvalue weighted by atomic mass is 10.0. The minimum atomic E-state index is -4.98. The summed E-state index contributed by atoms with van der Waals surface area (Å²) < 4.78 is 39.6. The third-order valence-electron chi connectivity index (χ3n) is 4.66. The van der Waals surface area contributed by atoms with Crippen LogP contribution < -0.4 is 0 Å². The molecule has 0 bridgehead atoms. The second kappa shape index (κ2) is 8.03.